The summed E-state index contributed by atoms with van der Waals surface area (Å²) in [6.45, 7) is 1.12. The third-order valence-electron chi connectivity index (χ3n) is 3.17. The molecule has 0 atom stereocenters. The Bertz CT molecular complexity index is 387. The number of thiazole rings is 1. The van der Waals surface area contributed by atoms with Gasteiger partial charge in [0.15, 0.2) is 5.13 Å². The van der Waals surface area contributed by atoms with Crippen LogP contribution < -0.4 is 4.90 Å². The van der Waals surface area contributed by atoms with E-state index in [1.165, 1.54) is 37.0 Å². The second-order valence-electron chi connectivity index (χ2n) is 4.70. The summed E-state index contributed by atoms with van der Waals surface area (Å²) in [6, 6.07) is 0.675. The third-order valence-corrected chi connectivity index (χ3v) is 4.67. The summed E-state index contributed by atoms with van der Waals surface area (Å²) >= 11 is 7.52. The Morgan fingerprint density at radius 3 is 2.62 bits per heavy atom. The minimum atomic E-state index is -0.00155. The predicted molar refractivity (Wildman–Crippen MR) is 66.1 cm³/mol. The van der Waals surface area contributed by atoms with Crippen LogP contribution in [0, 0.1) is 5.92 Å². The van der Waals surface area contributed by atoms with Crippen LogP contribution in [0.3, 0.4) is 0 Å². The van der Waals surface area contributed by atoms with Gasteiger partial charge in [0.1, 0.15) is 5.15 Å². The van der Waals surface area contributed by atoms with Crippen LogP contribution in [0.5, 0.6) is 0 Å². The summed E-state index contributed by atoms with van der Waals surface area (Å²) in [6.07, 6.45) is 5.27. The zero-order valence-corrected chi connectivity index (χ0v) is 10.6. The van der Waals surface area contributed by atoms with Crippen LogP contribution >= 0.6 is 22.9 Å². The fourth-order valence-electron chi connectivity index (χ4n) is 1.89. The van der Waals surface area contributed by atoms with Crippen LogP contribution in [0.2, 0.25) is 5.15 Å². The van der Waals surface area contributed by atoms with E-state index in [9.17, 15) is 0 Å². The van der Waals surface area contributed by atoms with Gasteiger partial charge in [-0.1, -0.05) is 22.9 Å². The van der Waals surface area contributed by atoms with Gasteiger partial charge < -0.3 is 10.0 Å². The van der Waals surface area contributed by atoms with Gasteiger partial charge in [-0.05, 0) is 31.6 Å². The molecule has 16 heavy (non-hydrogen) atoms. The predicted octanol–water partition coefficient (Wildman–Crippen LogP) is 2.67. The normalized spacial score (nSPS) is 20.1. The van der Waals surface area contributed by atoms with E-state index in [0.29, 0.717) is 11.2 Å². The van der Waals surface area contributed by atoms with Crippen LogP contribution in [0.4, 0.5) is 5.13 Å². The summed E-state index contributed by atoms with van der Waals surface area (Å²) in [5, 5.41) is 10.6. The lowest BCUT2D eigenvalue weighted by Gasteiger charge is -2.20. The van der Waals surface area contributed by atoms with E-state index in [1.807, 2.05) is 0 Å². The molecule has 0 aromatic carbocycles. The number of aliphatic hydroxyl groups is 1. The van der Waals surface area contributed by atoms with Crippen molar-refractivity contribution in [1.29, 1.82) is 0 Å². The maximum Gasteiger partial charge on any atom is 0.187 e. The molecular formula is C11H15ClN2OS. The molecule has 0 bridgehead atoms. The molecule has 2 saturated carbocycles. The van der Waals surface area contributed by atoms with Gasteiger partial charge in [0.2, 0.25) is 0 Å². The zero-order chi connectivity index (χ0) is 11.1. The first kappa shape index (κ1) is 10.8. The van der Waals surface area contributed by atoms with Gasteiger partial charge in [0, 0.05) is 12.6 Å². The molecule has 3 rings (SSSR count). The van der Waals surface area contributed by atoms with E-state index >= 15 is 0 Å². The number of anilines is 1. The van der Waals surface area contributed by atoms with E-state index < -0.39 is 0 Å². The zero-order valence-electron chi connectivity index (χ0n) is 9.03. The molecule has 0 unspecified atom stereocenters. The first-order valence-electron chi connectivity index (χ1n) is 5.80. The van der Waals surface area contributed by atoms with Crippen molar-refractivity contribution in [3.8, 4) is 0 Å². The molecule has 0 spiro atoms. The fraction of sp³-hybridized carbons (Fsp3) is 0.727. The van der Waals surface area contributed by atoms with Crippen LogP contribution in [0.15, 0.2) is 0 Å². The molecule has 2 fully saturated rings. The number of hydrogen-bond donors (Lipinski definition) is 1. The number of halogens is 1. The molecule has 0 radical (unpaired) electrons. The highest BCUT2D eigenvalue weighted by atomic mass is 35.5. The molecule has 0 amide bonds. The Hall–Kier alpha value is -0.320. The molecule has 0 aliphatic heterocycles. The van der Waals surface area contributed by atoms with Crippen LogP contribution in [-0.2, 0) is 6.61 Å². The lowest BCUT2D eigenvalue weighted by Crippen LogP contribution is -2.27. The largest absolute Gasteiger partial charge is 0.391 e. The molecule has 2 aliphatic rings. The van der Waals surface area contributed by atoms with Crippen molar-refractivity contribution in [3.05, 3.63) is 10.0 Å². The van der Waals surface area contributed by atoms with Gasteiger partial charge >= 0.3 is 0 Å². The summed E-state index contributed by atoms with van der Waals surface area (Å²) in [5.41, 5.74) is 0. The maximum absolute atomic E-state index is 9.13. The summed E-state index contributed by atoms with van der Waals surface area (Å²) in [7, 11) is 0. The monoisotopic (exact) mass is 258 g/mol. The Morgan fingerprint density at radius 1 is 1.38 bits per heavy atom. The van der Waals surface area contributed by atoms with Crippen LogP contribution in [-0.4, -0.2) is 22.7 Å². The van der Waals surface area contributed by atoms with E-state index in [2.05, 4.69) is 9.88 Å². The van der Waals surface area contributed by atoms with Gasteiger partial charge in [0.25, 0.3) is 0 Å². The minimum Gasteiger partial charge on any atom is -0.391 e. The Labute approximate surface area is 104 Å². The van der Waals surface area contributed by atoms with Crippen LogP contribution in [0.1, 0.15) is 30.6 Å². The molecule has 0 saturated heterocycles. The van der Waals surface area contributed by atoms with Crippen molar-refractivity contribution in [2.45, 2.75) is 38.3 Å². The molecule has 1 aromatic heterocycles. The van der Waals surface area contributed by atoms with Gasteiger partial charge in [-0.3, -0.25) is 0 Å². The highest BCUT2D eigenvalue weighted by Crippen LogP contribution is 2.40. The van der Waals surface area contributed by atoms with E-state index in [0.717, 1.165) is 22.5 Å². The standard InChI is InChI=1S/C11H15ClN2OS/c12-10-9(6-15)16-11(13-10)14(8-3-4-8)5-7-1-2-7/h7-8,15H,1-6H2. The Morgan fingerprint density at radius 2 is 2.12 bits per heavy atom. The molecule has 5 heteroatoms. The lowest BCUT2D eigenvalue weighted by atomic mass is 10.4. The summed E-state index contributed by atoms with van der Waals surface area (Å²) in [4.78, 5) is 7.56. The number of nitrogens with zero attached hydrogens (tertiary/aromatic N) is 2. The highest BCUT2D eigenvalue weighted by molar-refractivity contribution is 7.16. The van der Waals surface area contributed by atoms with Gasteiger partial charge in [-0.25, -0.2) is 4.98 Å². The number of aromatic nitrogens is 1. The number of rotatable bonds is 5. The summed E-state index contributed by atoms with van der Waals surface area (Å²) in [5.74, 6) is 0.862. The Kier molecular flexibility index (Phi) is 2.81. The van der Waals surface area contributed by atoms with Gasteiger partial charge in [-0.15, -0.1) is 0 Å². The molecule has 1 N–H and O–H groups in total. The molecule has 1 heterocycles. The number of hydrogen-bond acceptors (Lipinski definition) is 4. The van der Waals surface area contributed by atoms with Crippen molar-refractivity contribution in [2.24, 2.45) is 5.92 Å². The maximum atomic E-state index is 9.13. The molecule has 88 valence electrons. The fourth-order valence-corrected chi connectivity index (χ4v) is 3.09. The first-order chi connectivity index (χ1) is 7.78. The third kappa shape index (κ3) is 2.19. The molecular weight excluding hydrogens is 244 g/mol. The quantitative estimate of drug-likeness (QED) is 0.882. The second-order valence-corrected chi connectivity index (χ2v) is 6.12. The lowest BCUT2D eigenvalue weighted by molar-refractivity contribution is 0.285. The minimum absolute atomic E-state index is 0.00155. The highest BCUT2D eigenvalue weighted by Gasteiger charge is 2.35. The molecule has 1 aromatic rings. The van der Waals surface area contributed by atoms with Crippen molar-refractivity contribution < 1.29 is 5.11 Å². The van der Waals surface area contributed by atoms with Crippen molar-refractivity contribution >= 4 is 28.1 Å². The van der Waals surface area contributed by atoms with Crippen molar-refractivity contribution in [1.82, 2.24) is 4.98 Å². The Balaban J connectivity index is 1.79. The average molecular weight is 259 g/mol. The van der Waals surface area contributed by atoms with Gasteiger partial charge in [0.05, 0.1) is 11.5 Å². The second kappa shape index (κ2) is 4.17. The van der Waals surface area contributed by atoms with E-state index in [4.69, 9.17) is 16.7 Å². The SMILES string of the molecule is OCc1sc(N(CC2CC2)C2CC2)nc1Cl. The number of aliphatic hydroxyl groups excluding tert-OH is 1. The summed E-state index contributed by atoms with van der Waals surface area (Å²) < 4.78 is 0. The average Bonchev–Trinajstić information content (AvgIpc) is 3.13. The van der Waals surface area contributed by atoms with E-state index in [1.54, 1.807) is 0 Å². The van der Waals surface area contributed by atoms with Gasteiger partial charge in [-0.2, -0.15) is 0 Å². The first-order valence-corrected chi connectivity index (χ1v) is 7.00. The van der Waals surface area contributed by atoms with E-state index in [-0.39, 0.29) is 6.61 Å². The molecule has 3 nitrogen and oxygen atoms in total. The van der Waals surface area contributed by atoms with Crippen LogP contribution in [0.25, 0.3) is 0 Å². The molecule has 2 aliphatic carbocycles. The smallest absolute Gasteiger partial charge is 0.187 e. The van der Waals surface area contributed by atoms with Crippen molar-refractivity contribution in [2.75, 3.05) is 11.4 Å². The van der Waals surface area contributed by atoms with Crippen molar-refractivity contribution in [3.63, 3.8) is 0 Å². The topological polar surface area (TPSA) is 36.4 Å².